The lowest BCUT2D eigenvalue weighted by molar-refractivity contribution is -0.138. The van der Waals surface area contributed by atoms with Crippen molar-refractivity contribution >= 4 is 50.4 Å². The number of hydrogen-bond acceptors (Lipinski definition) is 7. The number of fused-ring (bicyclic) bond motifs is 2. The van der Waals surface area contributed by atoms with Crippen LogP contribution in [0.2, 0.25) is 0 Å². The maximum Gasteiger partial charge on any atom is 0.269 e. The summed E-state index contributed by atoms with van der Waals surface area (Å²) in [5, 5.41) is 7.71. The minimum Gasteiger partial charge on any atom is -0.364 e. The van der Waals surface area contributed by atoms with Crippen LogP contribution in [0.25, 0.3) is 22.0 Å². The predicted molar refractivity (Wildman–Crippen MR) is 142 cm³/mol. The molecule has 1 saturated heterocycles. The zero-order valence-electron chi connectivity index (χ0n) is 19.9. The van der Waals surface area contributed by atoms with Gasteiger partial charge in [-0.3, -0.25) is 19.1 Å². The molecule has 1 fully saturated rings. The Morgan fingerprint density at radius 1 is 1.08 bits per heavy atom. The highest BCUT2D eigenvalue weighted by atomic mass is 79.9. The molecule has 2 aliphatic rings. The van der Waals surface area contributed by atoms with Crippen molar-refractivity contribution < 1.29 is 14.4 Å². The van der Waals surface area contributed by atoms with E-state index in [1.54, 1.807) is 47.6 Å². The fourth-order valence-electron chi connectivity index (χ4n) is 5.04. The van der Waals surface area contributed by atoms with Crippen LogP contribution in [-0.4, -0.2) is 59.4 Å². The van der Waals surface area contributed by atoms with Crippen LogP contribution in [0, 0.1) is 5.92 Å². The SMILES string of the molecule is NC(=O)c1nn(CC(=O)N2[C@@H]3C=C[C@@H]3C[C@H]2C(=O)Nc2cccc(Br)n2)c2ccc(-c3cncnc3)cc12. The molecule has 3 atom stereocenters. The van der Waals surface area contributed by atoms with Crippen LogP contribution in [0.3, 0.4) is 0 Å². The summed E-state index contributed by atoms with van der Waals surface area (Å²) < 4.78 is 2.05. The molecule has 4 aromatic rings. The first-order chi connectivity index (χ1) is 18.4. The first-order valence-corrected chi connectivity index (χ1v) is 12.7. The van der Waals surface area contributed by atoms with E-state index >= 15 is 0 Å². The number of pyridine rings is 1. The van der Waals surface area contributed by atoms with Gasteiger partial charge in [0, 0.05) is 29.3 Å². The first kappa shape index (κ1) is 23.9. The Hall–Kier alpha value is -4.45. The Kier molecular flexibility index (Phi) is 5.95. The van der Waals surface area contributed by atoms with Gasteiger partial charge in [-0.2, -0.15) is 5.10 Å². The van der Waals surface area contributed by atoms with Gasteiger partial charge in [-0.1, -0.05) is 24.3 Å². The van der Waals surface area contributed by atoms with E-state index in [1.807, 2.05) is 18.2 Å². The molecule has 6 rings (SSSR count). The van der Waals surface area contributed by atoms with Gasteiger partial charge in [0.25, 0.3) is 5.91 Å². The van der Waals surface area contributed by atoms with Crippen molar-refractivity contribution in [2.75, 3.05) is 5.32 Å². The zero-order valence-corrected chi connectivity index (χ0v) is 21.4. The van der Waals surface area contributed by atoms with Crippen LogP contribution in [0.15, 0.2) is 71.9 Å². The Morgan fingerprint density at radius 3 is 2.61 bits per heavy atom. The maximum atomic E-state index is 13.6. The lowest BCUT2D eigenvalue weighted by atomic mass is 9.89. The van der Waals surface area contributed by atoms with Crippen molar-refractivity contribution in [3.63, 3.8) is 0 Å². The van der Waals surface area contributed by atoms with E-state index in [-0.39, 0.29) is 36.0 Å². The molecular formula is C26H21BrN8O3. The van der Waals surface area contributed by atoms with Gasteiger partial charge in [-0.05, 0) is 52.2 Å². The standard InChI is InChI=1S/C26H21BrN8O3/c27-21-2-1-3-22(31-21)32-26(38)20-9-15-5-6-18(15)35(20)23(36)12-34-19-7-4-14(16-10-29-13-30-11-16)8-17(19)24(33-34)25(28)37/h1-8,10-11,13,15,18,20H,9,12H2,(H2,28,37)(H,31,32,38)/t15-,18-,20+/m1/s1. The van der Waals surface area contributed by atoms with Crippen molar-refractivity contribution in [1.82, 2.24) is 29.6 Å². The van der Waals surface area contributed by atoms with Crippen LogP contribution in [0.1, 0.15) is 16.9 Å². The smallest absolute Gasteiger partial charge is 0.269 e. The van der Waals surface area contributed by atoms with Gasteiger partial charge in [-0.25, -0.2) is 15.0 Å². The number of rotatable bonds is 6. The number of carbonyl (C=O) groups is 3. The van der Waals surface area contributed by atoms with E-state index in [1.165, 1.54) is 11.0 Å². The number of benzene rings is 1. The van der Waals surface area contributed by atoms with Gasteiger partial charge in [0.2, 0.25) is 11.8 Å². The molecule has 190 valence electrons. The highest BCUT2D eigenvalue weighted by molar-refractivity contribution is 9.10. The van der Waals surface area contributed by atoms with Crippen LogP contribution in [0.5, 0.6) is 0 Å². The molecule has 4 heterocycles. The lowest BCUT2D eigenvalue weighted by Gasteiger charge is -2.32. The summed E-state index contributed by atoms with van der Waals surface area (Å²) in [6.45, 7) is -0.159. The fraction of sp³-hybridized carbons (Fsp3) is 0.192. The number of nitrogens with zero attached hydrogens (tertiary/aromatic N) is 6. The molecule has 0 spiro atoms. The van der Waals surface area contributed by atoms with Gasteiger partial charge in [0.1, 0.15) is 29.3 Å². The lowest BCUT2D eigenvalue weighted by Crippen LogP contribution is -2.49. The molecule has 0 saturated carbocycles. The second-order valence-electron chi connectivity index (χ2n) is 9.16. The van der Waals surface area contributed by atoms with Crippen molar-refractivity contribution in [2.45, 2.75) is 25.0 Å². The van der Waals surface area contributed by atoms with Crippen LogP contribution in [-0.2, 0) is 16.1 Å². The highest BCUT2D eigenvalue weighted by Crippen LogP contribution is 2.39. The molecule has 38 heavy (non-hydrogen) atoms. The number of nitrogens with one attached hydrogen (secondary N) is 1. The van der Waals surface area contributed by atoms with Crippen molar-refractivity contribution in [3.05, 3.63) is 77.6 Å². The number of anilines is 1. The summed E-state index contributed by atoms with van der Waals surface area (Å²) in [5.41, 5.74) is 7.81. The topological polar surface area (TPSA) is 149 Å². The molecule has 0 radical (unpaired) electrons. The Labute approximate surface area is 224 Å². The van der Waals surface area contributed by atoms with Gasteiger partial charge in [0.15, 0.2) is 5.69 Å². The van der Waals surface area contributed by atoms with Gasteiger partial charge < -0.3 is 16.0 Å². The molecule has 1 aliphatic heterocycles. The summed E-state index contributed by atoms with van der Waals surface area (Å²) in [4.78, 5) is 53.0. The molecule has 3 aromatic heterocycles. The third-order valence-corrected chi connectivity index (χ3v) is 7.31. The van der Waals surface area contributed by atoms with Crippen molar-refractivity contribution in [1.29, 1.82) is 0 Å². The molecule has 11 nitrogen and oxygen atoms in total. The number of carbonyl (C=O) groups excluding carboxylic acids is 3. The number of amides is 3. The minimum absolute atomic E-state index is 0.0596. The summed E-state index contributed by atoms with van der Waals surface area (Å²) in [6.07, 6.45) is 9.22. The third kappa shape index (κ3) is 4.22. The minimum atomic E-state index is -0.704. The summed E-state index contributed by atoms with van der Waals surface area (Å²) >= 11 is 3.30. The van der Waals surface area contributed by atoms with Gasteiger partial charge >= 0.3 is 0 Å². The average Bonchev–Trinajstić information content (AvgIpc) is 3.38. The van der Waals surface area contributed by atoms with Crippen LogP contribution < -0.4 is 11.1 Å². The van der Waals surface area contributed by atoms with E-state index in [9.17, 15) is 14.4 Å². The first-order valence-electron chi connectivity index (χ1n) is 11.9. The molecule has 0 bridgehead atoms. The normalized spacial score (nSPS) is 19.7. The van der Waals surface area contributed by atoms with E-state index in [0.29, 0.717) is 27.7 Å². The zero-order chi connectivity index (χ0) is 26.4. The monoisotopic (exact) mass is 572 g/mol. The molecule has 0 unspecified atom stereocenters. The van der Waals surface area contributed by atoms with Gasteiger partial charge in [-0.15, -0.1) is 0 Å². The Bertz CT molecular complexity index is 1620. The molecule has 12 heteroatoms. The van der Waals surface area contributed by atoms with Crippen molar-refractivity contribution in [3.8, 4) is 11.1 Å². The number of likely N-dealkylation sites (tertiary alicyclic amines) is 1. The Morgan fingerprint density at radius 2 is 1.89 bits per heavy atom. The molecule has 3 amide bonds. The number of nitrogens with two attached hydrogens (primary N) is 1. The molecular weight excluding hydrogens is 552 g/mol. The number of primary amides is 1. The summed E-state index contributed by atoms with van der Waals surface area (Å²) in [5.74, 6) is -0.795. The van der Waals surface area contributed by atoms with E-state index in [4.69, 9.17) is 5.73 Å². The fourth-order valence-corrected chi connectivity index (χ4v) is 5.39. The average molecular weight is 573 g/mol. The van der Waals surface area contributed by atoms with Crippen LogP contribution >= 0.6 is 15.9 Å². The third-order valence-electron chi connectivity index (χ3n) is 6.87. The van der Waals surface area contributed by atoms with Crippen molar-refractivity contribution in [2.24, 2.45) is 11.7 Å². The molecule has 1 aliphatic carbocycles. The van der Waals surface area contributed by atoms with E-state index < -0.39 is 11.9 Å². The number of aromatic nitrogens is 5. The Balaban J connectivity index is 1.29. The number of halogens is 1. The largest absolute Gasteiger partial charge is 0.364 e. The molecule has 3 N–H and O–H groups in total. The second-order valence-corrected chi connectivity index (χ2v) is 9.97. The second kappa shape index (κ2) is 9.45. The highest BCUT2D eigenvalue weighted by Gasteiger charge is 2.48. The van der Waals surface area contributed by atoms with Crippen LogP contribution in [0.4, 0.5) is 5.82 Å². The quantitative estimate of drug-likeness (QED) is 0.266. The molecule has 1 aromatic carbocycles. The summed E-state index contributed by atoms with van der Waals surface area (Å²) in [6, 6.07) is 9.78. The van der Waals surface area contributed by atoms with E-state index in [0.717, 1.165) is 11.1 Å². The summed E-state index contributed by atoms with van der Waals surface area (Å²) in [7, 11) is 0. The van der Waals surface area contributed by atoms with Gasteiger partial charge in [0.05, 0.1) is 11.6 Å². The van der Waals surface area contributed by atoms with E-state index in [2.05, 4.69) is 41.3 Å². The number of hydrogen-bond donors (Lipinski definition) is 2. The maximum absolute atomic E-state index is 13.6. The predicted octanol–water partition coefficient (Wildman–Crippen LogP) is 2.54.